The fourth-order valence-corrected chi connectivity index (χ4v) is 2.24. The Hall–Kier alpha value is -2.88. The van der Waals surface area contributed by atoms with E-state index in [2.05, 4.69) is 28.5 Å². The van der Waals surface area contributed by atoms with Crippen LogP contribution in [0.4, 0.5) is 11.5 Å². The number of hydrogen-bond acceptors (Lipinski definition) is 4. The van der Waals surface area contributed by atoms with Gasteiger partial charge in [0.15, 0.2) is 5.82 Å². The lowest BCUT2D eigenvalue weighted by Crippen LogP contribution is -2.01. The molecule has 110 valence electrons. The summed E-state index contributed by atoms with van der Waals surface area (Å²) in [5.74, 6) is 0.986. The fourth-order valence-electron chi connectivity index (χ4n) is 2.24. The molecule has 2 N–H and O–H groups in total. The Labute approximate surface area is 129 Å². The van der Waals surface area contributed by atoms with E-state index in [4.69, 9.17) is 0 Å². The number of rotatable bonds is 4. The van der Waals surface area contributed by atoms with Gasteiger partial charge in [-0.2, -0.15) is 0 Å². The molecule has 1 aromatic heterocycles. The Bertz CT molecular complexity index is 755. The van der Waals surface area contributed by atoms with Crippen molar-refractivity contribution >= 4 is 11.5 Å². The molecule has 3 aromatic rings. The van der Waals surface area contributed by atoms with Crippen LogP contribution in [0.3, 0.4) is 0 Å². The molecular formula is C18H17N3O. The number of benzene rings is 2. The molecule has 0 radical (unpaired) electrons. The van der Waals surface area contributed by atoms with Gasteiger partial charge < -0.3 is 10.4 Å². The summed E-state index contributed by atoms with van der Waals surface area (Å²) in [6.07, 6.45) is 0.857. The van der Waals surface area contributed by atoms with E-state index in [1.807, 2.05) is 42.5 Å². The minimum absolute atomic E-state index is 0.242. The van der Waals surface area contributed by atoms with Gasteiger partial charge in [-0.05, 0) is 42.3 Å². The van der Waals surface area contributed by atoms with Gasteiger partial charge in [-0.1, -0.05) is 37.3 Å². The van der Waals surface area contributed by atoms with Gasteiger partial charge in [0.25, 0.3) is 0 Å². The summed E-state index contributed by atoms with van der Waals surface area (Å²) in [7, 11) is 0. The maximum absolute atomic E-state index is 9.33. The first-order valence-electron chi connectivity index (χ1n) is 7.24. The zero-order valence-electron chi connectivity index (χ0n) is 12.3. The quantitative estimate of drug-likeness (QED) is 0.709. The SMILES string of the molecule is CCc1cc(-c2ccccc2)nnc1Nc1ccc(O)cc1. The number of nitrogens with zero attached hydrogens (tertiary/aromatic N) is 2. The molecule has 0 aliphatic carbocycles. The molecule has 0 saturated heterocycles. The van der Waals surface area contributed by atoms with Crippen LogP contribution in [0.1, 0.15) is 12.5 Å². The van der Waals surface area contributed by atoms with Crippen molar-refractivity contribution in [2.45, 2.75) is 13.3 Å². The lowest BCUT2D eigenvalue weighted by Gasteiger charge is -2.11. The topological polar surface area (TPSA) is 58.0 Å². The van der Waals surface area contributed by atoms with E-state index in [0.717, 1.165) is 34.7 Å². The highest BCUT2D eigenvalue weighted by Crippen LogP contribution is 2.24. The summed E-state index contributed by atoms with van der Waals surface area (Å²) in [5.41, 5.74) is 3.89. The Morgan fingerprint density at radius 1 is 0.955 bits per heavy atom. The molecule has 22 heavy (non-hydrogen) atoms. The van der Waals surface area contributed by atoms with Crippen LogP contribution in [0, 0.1) is 0 Å². The highest BCUT2D eigenvalue weighted by Gasteiger charge is 2.08. The van der Waals surface area contributed by atoms with Gasteiger partial charge in [0.1, 0.15) is 5.75 Å². The standard InChI is InChI=1S/C18H17N3O/c1-2-13-12-17(14-6-4-3-5-7-14)20-21-18(13)19-15-8-10-16(22)11-9-15/h3-12,22H,2H2,1H3,(H,19,21). The van der Waals surface area contributed by atoms with Gasteiger partial charge >= 0.3 is 0 Å². The van der Waals surface area contributed by atoms with Crippen LogP contribution in [0.25, 0.3) is 11.3 Å². The van der Waals surface area contributed by atoms with E-state index >= 15 is 0 Å². The molecule has 4 heteroatoms. The zero-order chi connectivity index (χ0) is 15.4. The van der Waals surface area contributed by atoms with Crippen LogP contribution >= 0.6 is 0 Å². The second kappa shape index (κ2) is 6.26. The monoisotopic (exact) mass is 291 g/mol. The van der Waals surface area contributed by atoms with Crippen molar-refractivity contribution < 1.29 is 5.11 Å². The summed E-state index contributed by atoms with van der Waals surface area (Å²) >= 11 is 0. The number of anilines is 2. The van der Waals surface area contributed by atoms with Crippen LogP contribution in [0.15, 0.2) is 60.7 Å². The lowest BCUT2D eigenvalue weighted by molar-refractivity contribution is 0.475. The summed E-state index contributed by atoms with van der Waals surface area (Å²) in [6, 6.07) is 19.0. The molecule has 2 aromatic carbocycles. The summed E-state index contributed by atoms with van der Waals surface area (Å²) in [5, 5.41) is 21.2. The predicted molar refractivity (Wildman–Crippen MR) is 88.2 cm³/mol. The molecule has 0 spiro atoms. The van der Waals surface area contributed by atoms with Crippen molar-refractivity contribution in [1.82, 2.24) is 10.2 Å². The molecule has 0 aliphatic heterocycles. The molecular weight excluding hydrogens is 274 g/mol. The van der Waals surface area contributed by atoms with Crippen molar-refractivity contribution in [2.75, 3.05) is 5.32 Å². The molecule has 4 nitrogen and oxygen atoms in total. The van der Waals surface area contributed by atoms with Crippen LogP contribution in [-0.4, -0.2) is 15.3 Å². The molecule has 0 atom stereocenters. The van der Waals surface area contributed by atoms with Crippen LogP contribution in [-0.2, 0) is 6.42 Å². The number of aryl methyl sites for hydroxylation is 1. The normalized spacial score (nSPS) is 10.4. The van der Waals surface area contributed by atoms with Gasteiger partial charge in [-0.15, -0.1) is 10.2 Å². The van der Waals surface area contributed by atoms with Crippen LogP contribution < -0.4 is 5.32 Å². The molecule has 3 rings (SSSR count). The first-order chi connectivity index (χ1) is 10.8. The van der Waals surface area contributed by atoms with E-state index < -0.39 is 0 Å². The van der Waals surface area contributed by atoms with Gasteiger partial charge in [0.2, 0.25) is 0 Å². The smallest absolute Gasteiger partial charge is 0.156 e. The molecule has 0 aliphatic rings. The van der Waals surface area contributed by atoms with Crippen LogP contribution in [0.2, 0.25) is 0 Å². The zero-order valence-corrected chi connectivity index (χ0v) is 12.3. The van der Waals surface area contributed by atoms with Crippen molar-refractivity contribution in [3.05, 3.63) is 66.2 Å². The molecule has 0 fully saturated rings. The minimum Gasteiger partial charge on any atom is -0.508 e. The first-order valence-corrected chi connectivity index (χ1v) is 7.24. The number of nitrogens with one attached hydrogen (secondary N) is 1. The van der Waals surface area contributed by atoms with Crippen molar-refractivity contribution in [3.8, 4) is 17.0 Å². The first kappa shape index (κ1) is 14.1. The van der Waals surface area contributed by atoms with Gasteiger partial charge in [-0.3, -0.25) is 0 Å². The third kappa shape index (κ3) is 3.06. The third-order valence-corrected chi connectivity index (χ3v) is 3.45. The van der Waals surface area contributed by atoms with E-state index in [-0.39, 0.29) is 5.75 Å². The van der Waals surface area contributed by atoms with E-state index in [0.29, 0.717) is 0 Å². The maximum Gasteiger partial charge on any atom is 0.156 e. The number of aromatic nitrogens is 2. The van der Waals surface area contributed by atoms with E-state index in [9.17, 15) is 5.11 Å². The number of aromatic hydroxyl groups is 1. The van der Waals surface area contributed by atoms with E-state index in [1.54, 1.807) is 12.1 Å². The Morgan fingerprint density at radius 3 is 2.36 bits per heavy atom. The Balaban J connectivity index is 1.91. The average Bonchev–Trinajstić information content (AvgIpc) is 2.58. The van der Waals surface area contributed by atoms with Gasteiger partial charge in [0.05, 0.1) is 5.69 Å². The molecule has 0 amide bonds. The number of phenolic OH excluding ortho intramolecular Hbond substituents is 1. The maximum atomic E-state index is 9.33. The summed E-state index contributed by atoms with van der Waals surface area (Å²) < 4.78 is 0. The minimum atomic E-state index is 0.242. The molecule has 1 heterocycles. The summed E-state index contributed by atoms with van der Waals surface area (Å²) in [6.45, 7) is 2.09. The van der Waals surface area contributed by atoms with Crippen molar-refractivity contribution in [3.63, 3.8) is 0 Å². The average molecular weight is 291 g/mol. The van der Waals surface area contributed by atoms with Crippen molar-refractivity contribution in [2.24, 2.45) is 0 Å². The van der Waals surface area contributed by atoms with Gasteiger partial charge in [0, 0.05) is 11.3 Å². The fraction of sp³-hybridized carbons (Fsp3) is 0.111. The highest BCUT2D eigenvalue weighted by atomic mass is 16.3. The highest BCUT2D eigenvalue weighted by molar-refractivity contribution is 5.65. The third-order valence-electron chi connectivity index (χ3n) is 3.45. The molecule has 0 unspecified atom stereocenters. The van der Waals surface area contributed by atoms with Crippen molar-refractivity contribution in [1.29, 1.82) is 0 Å². The second-order valence-electron chi connectivity index (χ2n) is 4.99. The number of hydrogen-bond donors (Lipinski definition) is 2. The predicted octanol–water partition coefficient (Wildman–Crippen LogP) is 4.16. The molecule has 0 saturated carbocycles. The largest absolute Gasteiger partial charge is 0.508 e. The lowest BCUT2D eigenvalue weighted by atomic mass is 10.1. The van der Waals surface area contributed by atoms with Crippen LogP contribution in [0.5, 0.6) is 5.75 Å². The molecule has 0 bridgehead atoms. The summed E-state index contributed by atoms with van der Waals surface area (Å²) in [4.78, 5) is 0. The van der Waals surface area contributed by atoms with E-state index in [1.165, 1.54) is 0 Å². The van der Waals surface area contributed by atoms with Gasteiger partial charge in [-0.25, -0.2) is 0 Å². The number of phenols is 1. The Kier molecular flexibility index (Phi) is 4.01. The Morgan fingerprint density at radius 2 is 1.68 bits per heavy atom. The second-order valence-corrected chi connectivity index (χ2v) is 4.99.